The highest BCUT2D eigenvalue weighted by molar-refractivity contribution is 6.04. The fourth-order valence-corrected chi connectivity index (χ4v) is 8.30. The second-order valence-electron chi connectivity index (χ2n) is 12.6. The van der Waals surface area contributed by atoms with E-state index in [2.05, 4.69) is 102 Å². The number of para-hydroxylation sites is 1. The van der Waals surface area contributed by atoms with Crippen molar-refractivity contribution in [3.63, 3.8) is 0 Å². The number of hydrogen-bond acceptors (Lipinski definition) is 3. The van der Waals surface area contributed by atoms with Crippen molar-refractivity contribution in [1.82, 2.24) is 4.90 Å². The molecule has 2 aromatic rings. The third kappa shape index (κ3) is 3.79. The lowest BCUT2D eigenvalue weighted by atomic mass is 9.78. The Kier molecular flexibility index (Phi) is 5.60. The third-order valence-corrected chi connectivity index (χ3v) is 10.3. The van der Waals surface area contributed by atoms with E-state index in [0.717, 1.165) is 37.3 Å². The van der Waals surface area contributed by atoms with Crippen LogP contribution in [0.25, 0.3) is 5.57 Å². The van der Waals surface area contributed by atoms with Gasteiger partial charge in [0, 0.05) is 30.2 Å². The van der Waals surface area contributed by atoms with E-state index in [1.54, 1.807) is 22.3 Å². The molecule has 3 heterocycles. The van der Waals surface area contributed by atoms with Crippen LogP contribution in [0.3, 0.4) is 0 Å². The molecule has 7 aliphatic rings. The highest BCUT2D eigenvalue weighted by Gasteiger charge is 2.41. The van der Waals surface area contributed by atoms with Crippen LogP contribution in [0, 0.1) is 11.8 Å². The van der Waals surface area contributed by atoms with Gasteiger partial charge in [-0.25, -0.2) is 4.99 Å². The Morgan fingerprint density at radius 3 is 2.64 bits per heavy atom. The molecule has 0 fully saturated rings. The first-order valence-electron chi connectivity index (χ1n) is 15.8. The van der Waals surface area contributed by atoms with Crippen molar-refractivity contribution in [2.45, 2.75) is 57.5 Å². The Morgan fingerprint density at radius 2 is 1.69 bits per heavy atom. The summed E-state index contributed by atoms with van der Waals surface area (Å²) in [7, 11) is 0. The minimum atomic E-state index is 0.243. The highest BCUT2D eigenvalue weighted by Crippen LogP contribution is 2.48. The monoisotopic (exact) mass is 545 g/mol. The molecule has 3 atom stereocenters. The molecule has 42 heavy (non-hydrogen) atoms. The number of fused-ring (bicyclic) bond motifs is 7. The lowest BCUT2D eigenvalue weighted by Gasteiger charge is -2.46. The van der Waals surface area contributed by atoms with Gasteiger partial charge < -0.3 is 4.90 Å². The summed E-state index contributed by atoms with van der Waals surface area (Å²) in [5, 5.41) is 0. The van der Waals surface area contributed by atoms with Gasteiger partial charge in [-0.05, 0) is 90.0 Å². The van der Waals surface area contributed by atoms with Gasteiger partial charge in [0.15, 0.2) is 0 Å². The van der Waals surface area contributed by atoms with Crippen molar-refractivity contribution in [2.24, 2.45) is 21.8 Å². The van der Waals surface area contributed by atoms with Gasteiger partial charge in [-0.15, -0.1) is 0 Å². The van der Waals surface area contributed by atoms with Crippen molar-refractivity contribution in [2.75, 3.05) is 0 Å². The van der Waals surface area contributed by atoms with Crippen molar-refractivity contribution in [3.8, 4) is 0 Å². The smallest absolute Gasteiger partial charge is 0.135 e. The van der Waals surface area contributed by atoms with Gasteiger partial charge in [0.25, 0.3) is 0 Å². The van der Waals surface area contributed by atoms with Crippen LogP contribution in [-0.4, -0.2) is 23.0 Å². The van der Waals surface area contributed by atoms with Crippen molar-refractivity contribution >= 4 is 23.3 Å². The summed E-state index contributed by atoms with van der Waals surface area (Å²) in [5.74, 6) is 1.92. The Labute approximate surface area is 248 Å². The molecule has 3 nitrogen and oxygen atoms in total. The largest absolute Gasteiger partial charge is 0.344 e. The van der Waals surface area contributed by atoms with Gasteiger partial charge in [0.2, 0.25) is 0 Å². The van der Waals surface area contributed by atoms with E-state index in [-0.39, 0.29) is 12.0 Å². The average molecular weight is 546 g/mol. The van der Waals surface area contributed by atoms with E-state index in [1.807, 2.05) is 0 Å². The second kappa shape index (κ2) is 9.66. The van der Waals surface area contributed by atoms with Crippen LogP contribution in [0.2, 0.25) is 0 Å². The summed E-state index contributed by atoms with van der Waals surface area (Å²) in [6.07, 6.45) is 26.8. The molecule has 3 aliphatic heterocycles. The third-order valence-electron chi connectivity index (χ3n) is 10.3. The fraction of sp³-hybridized carbons (Fsp3) is 0.282. The maximum absolute atomic E-state index is 5.16. The summed E-state index contributed by atoms with van der Waals surface area (Å²) >= 11 is 0. The van der Waals surface area contributed by atoms with Gasteiger partial charge in [-0.1, -0.05) is 90.6 Å². The molecule has 0 N–H and O–H groups in total. The zero-order chi connectivity index (χ0) is 27.6. The van der Waals surface area contributed by atoms with E-state index >= 15 is 0 Å². The molecule has 2 aromatic carbocycles. The fourth-order valence-electron chi connectivity index (χ4n) is 8.30. The van der Waals surface area contributed by atoms with E-state index in [9.17, 15) is 0 Å². The van der Waals surface area contributed by atoms with E-state index in [4.69, 9.17) is 9.98 Å². The van der Waals surface area contributed by atoms with E-state index in [0.29, 0.717) is 5.92 Å². The maximum Gasteiger partial charge on any atom is 0.135 e. The van der Waals surface area contributed by atoms with Gasteiger partial charge in [-0.2, -0.15) is 0 Å². The van der Waals surface area contributed by atoms with Crippen molar-refractivity contribution in [1.29, 1.82) is 0 Å². The topological polar surface area (TPSA) is 28.0 Å². The van der Waals surface area contributed by atoms with Crippen LogP contribution < -0.4 is 0 Å². The number of amidine groups is 1. The summed E-state index contributed by atoms with van der Waals surface area (Å²) in [5.41, 5.74) is 15.4. The predicted molar refractivity (Wildman–Crippen MR) is 173 cm³/mol. The SMILES string of the molecule is C1=CC2=C(CC1)C1=C(CCC=C1)C2Cc1ccc(C2=CC3C4=C(CCC=N4)C4=Nc5ccccc5CN4C3C=C2)cc1. The van der Waals surface area contributed by atoms with Gasteiger partial charge in [0.05, 0.1) is 17.4 Å². The quantitative estimate of drug-likeness (QED) is 0.379. The molecule has 0 aromatic heterocycles. The molecule has 0 amide bonds. The summed E-state index contributed by atoms with van der Waals surface area (Å²) < 4.78 is 0. The van der Waals surface area contributed by atoms with Gasteiger partial charge >= 0.3 is 0 Å². The van der Waals surface area contributed by atoms with Crippen LogP contribution in [0.1, 0.15) is 55.2 Å². The molecular weight excluding hydrogens is 510 g/mol. The molecule has 0 bridgehead atoms. The standard InChI is InChI=1S/C39H35N3/c1-6-14-36-28(8-1)24-42-37-20-19-27(23-35(37)38-33(39(42)41-36)13-7-21-40-38)26-17-15-25(16-18-26)22-34-31-11-4-2-9-29(31)30-10-3-5-12-32(30)34/h1-2,5-6,8-9,12,14-21,23,34-35,37H,3-4,7,10-11,13,22,24H2. The zero-order valence-electron chi connectivity index (χ0n) is 24.0. The van der Waals surface area contributed by atoms with Gasteiger partial charge in [0.1, 0.15) is 5.84 Å². The van der Waals surface area contributed by atoms with E-state index < -0.39 is 0 Å². The van der Waals surface area contributed by atoms with Crippen LogP contribution in [0.15, 0.2) is 135 Å². The molecule has 206 valence electrons. The number of rotatable bonds is 3. The molecule has 3 heteroatoms. The molecule has 0 spiro atoms. The lowest BCUT2D eigenvalue weighted by molar-refractivity contribution is 0.293. The molecule has 3 unspecified atom stereocenters. The van der Waals surface area contributed by atoms with Crippen LogP contribution in [-0.2, 0) is 13.0 Å². The molecule has 4 aliphatic carbocycles. The minimum Gasteiger partial charge on any atom is -0.344 e. The van der Waals surface area contributed by atoms with Crippen LogP contribution in [0.5, 0.6) is 0 Å². The Morgan fingerprint density at radius 1 is 0.833 bits per heavy atom. The Balaban J connectivity index is 1.02. The molecule has 0 saturated heterocycles. The Hall–Kier alpha value is -4.24. The molecule has 9 rings (SSSR count). The number of aliphatic imine (C=N–C) groups is 2. The summed E-state index contributed by atoms with van der Waals surface area (Å²) in [6, 6.07) is 18.3. The first kappa shape index (κ1) is 24.4. The number of benzene rings is 2. The summed E-state index contributed by atoms with van der Waals surface area (Å²) in [4.78, 5) is 12.7. The average Bonchev–Trinajstić information content (AvgIpc) is 3.37. The van der Waals surface area contributed by atoms with E-state index in [1.165, 1.54) is 59.2 Å². The first-order chi connectivity index (χ1) is 20.8. The van der Waals surface area contributed by atoms with Crippen LogP contribution >= 0.6 is 0 Å². The molecule has 0 radical (unpaired) electrons. The minimum absolute atomic E-state index is 0.243. The number of allylic oxidation sites excluding steroid dienone is 10. The molecule has 0 saturated carbocycles. The first-order valence-corrected chi connectivity index (χ1v) is 15.8. The molecular formula is C39H35N3. The normalized spacial score (nSPS) is 26.8. The lowest BCUT2D eigenvalue weighted by Crippen LogP contribution is -2.50. The van der Waals surface area contributed by atoms with Gasteiger partial charge in [-0.3, -0.25) is 4.99 Å². The summed E-state index contributed by atoms with van der Waals surface area (Å²) in [6.45, 7) is 0.904. The number of nitrogens with zero attached hydrogens (tertiary/aromatic N) is 3. The van der Waals surface area contributed by atoms with Crippen molar-refractivity contribution in [3.05, 3.63) is 141 Å². The maximum atomic E-state index is 5.16. The van der Waals surface area contributed by atoms with Crippen LogP contribution in [0.4, 0.5) is 5.69 Å². The van der Waals surface area contributed by atoms with Crippen molar-refractivity contribution < 1.29 is 0 Å². The Bertz CT molecular complexity index is 1780. The number of hydrogen-bond donors (Lipinski definition) is 0. The highest BCUT2D eigenvalue weighted by atomic mass is 15.2. The predicted octanol–water partition coefficient (Wildman–Crippen LogP) is 8.77. The zero-order valence-corrected chi connectivity index (χ0v) is 24.0. The second-order valence-corrected chi connectivity index (χ2v) is 12.6.